The van der Waals surface area contributed by atoms with Gasteiger partial charge in [0.1, 0.15) is 5.82 Å². The molecule has 6 aromatic carbocycles. The quantitative estimate of drug-likeness (QED) is 0.164. The zero-order chi connectivity index (χ0) is 45.3. The molecular formula is C59H68BN3. The maximum absolute atomic E-state index is 2.61. The molecule has 2 aliphatic heterocycles. The van der Waals surface area contributed by atoms with E-state index in [9.17, 15) is 0 Å². The van der Waals surface area contributed by atoms with Crippen LogP contribution in [0.5, 0.6) is 0 Å². The summed E-state index contributed by atoms with van der Waals surface area (Å²) in [6.07, 6.45) is 0. The van der Waals surface area contributed by atoms with Crippen LogP contribution in [0.15, 0.2) is 121 Å². The van der Waals surface area contributed by atoms with E-state index < -0.39 is 0 Å². The second-order valence-electron chi connectivity index (χ2n) is 23.8. The number of anilines is 6. The molecular weight excluding hydrogens is 761 g/mol. The number of aryl methyl sites for hydroxylation is 1. The minimum absolute atomic E-state index is 0.0174. The SMILES string of the molecule is Cc1cc2c3c(c1)N(c1ccc(C(C)(C)C)cc1)c1c(c4ccc(C(C)(C)C)cc4n1-c1ccc(C(C)(C)C)cc1)B3c1cc(C(C)(C)C)ccc1N2c1ccc(C(C)(C)C)cc1. The third-order valence-corrected chi connectivity index (χ3v) is 13.8. The number of fused-ring (bicyclic) bond motifs is 6. The Balaban J connectivity index is 1.45. The predicted octanol–water partition coefficient (Wildman–Crippen LogP) is 14.5. The van der Waals surface area contributed by atoms with Crippen LogP contribution in [-0.4, -0.2) is 11.3 Å². The molecule has 0 aliphatic carbocycles. The molecule has 0 saturated carbocycles. The lowest BCUT2D eigenvalue weighted by molar-refractivity contribution is 0.590. The number of aromatic nitrogens is 1. The summed E-state index contributed by atoms with van der Waals surface area (Å²) in [5.41, 5.74) is 20.5. The van der Waals surface area contributed by atoms with Crippen LogP contribution >= 0.6 is 0 Å². The molecule has 2 aliphatic rings. The van der Waals surface area contributed by atoms with E-state index in [2.05, 4.69) is 246 Å². The first-order valence-electron chi connectivity index (χ1n) is 23.2. The van der Waals surface area contributed by atoms with Gasteiger partial charge in [-0.3, -0.25) is 9.47 Å². The van der Waals surface area contributed by atoms with Crippen molar-refractivity contribution in [1.82, 2.24) is 4.57 Å². The topological polar surface area (TPSA) is 11.4 Å². The minimum Gasteiger partial charge on any atom is -0.311 e. The Hall–Kier alpha value is -5.48. The molecule has 0 radical (unpaired) electrons. The fraction of sp³-hybridized carbons (Fsp3) is 0.356. The average molecular weight is 830 g/mol. The van der Waals surface area contributed by atoms with Crippen molar-refractivity contribution in [2.24, 2.45) is 0 Å². The van der Waals surface area contributed by atoms with Crippen molar-refractivity contribution in [2.45, 2.75) is 138 Å². The summed E-state index contributed by atoms with van der Waals surface area (Å²) in [6, 6.07) is 47.7. The first-order chi connectivity index (χ1) is 29.3. The van der Waals surface area contributed by atoms with E-state index in [1.807, 2.05) is 0 Å². The maximum atomic E-state index is 2.61. The zero-order valence-corrected chi connectivity index (χ0v) is 41.0. The largest absolute Gasteiger partial charge is 0.311 e. The van der Waals surface area contributed by atoms with Gasteiger partial charge >= 0.3 is 0 Å². The van der Waals surface area contributed by atoms with Gasteiger partial charge in [-0.25, -0.2) is 0 Å². The summed E-state index contributed by atoms with van der Waals surface area (Å²) in [6.45, 7) is 37.0. The predicted molar refractivity (Wildman–Crippen MR) is 276 cm³/mol. The fourth-order valence-corrected chi connectivity index (χ4v) is 9.98. The van der Waals surface area contributed by atoms with E-state index in [4.69, 9.17) is 0 Å². The lowest BCUT2D eigenvalue weighted by Gasteiger charge is -2.44. The molecule has 0 spiro atoms. The van der Waals surface area contributed by atoms with E-state index in [0.29, 0.717) is 0 Å². The first-order valence-corrected chi connectivity index (χ1v) is 23.2. The normalized spacial score (nSPS) is 14.3. The van der Waals surface area contributed by atoms with E-state index >= 15 is 0 Å². The number of hydrogen-bond acceptors (Lipinski definition) is 2. The highest BCUT2D eigenvalue weighted by atomic mass is 15.3. The van der Waals surface area contributed by atoms with Gasteiger partial charge in [0.15, 0.2) is 0 Å². The molecule has 3 nitrogen and oxygen atoms in total. The van der Waals surface area contributed by atoms with E-state index in [-0.39, 0.29) is 33.8 Å². The minimum atomic E-state index is -0.0344. The van der Waals surface area contributed by atoms with Gasteiger partial charge in [0, 0.05) is 34.1 Å². The maximum Gasteiger partial charge on any atom is 0.255 e. The Kier molecular flexibility index (Phi) is 9.69. The van der Waals surface area contributed by atoms with Crippen molar-refractivity contribution in [3.8, 4) is 5.69 Å². The molecule has 0 atom stereocenters. The Morgan fingerprint density at radius 3 is 1.24 bits per heavy atom. The second-order valence-corrected chi connectivity index (χ2v) is 23.8. The molecule has 0 amide bonds. The monoisotopic (exact) mass is 830 g/mol. The number of benzene rings is 6. The van der Waals surface area contributed by atoms with Crippen LogP contribution in [0.25, 0.3) is 16.6 Å². The molecule has 7 aromatic rings. The van der Waals surface area contributed by atoms with Crippen LogP contribution in [0.4, 0.5) is 34.3 Å². The van der Waals surface area contributed by atoms with E-state index in [0.717, 1.165) is 5.69 Å². The van der Waals surface area contributed by atoms with Crippen LogP contribution < -0.4 is 26.2 Å². The van der Waals surface area contributed by atoms with Crippen molar-refractivity contribution in [3.05, 3.63) is 155 Å². The molecule has 9 rings (SSSR count). The zero-order valence-electron chi connectivity index (χ0n) is 41.0. The summed E-state index contributed by atoms with van der Waals surface area (Å²) >= 11 is 0. The van der Waals surface area contributed by atoms with Crippen LogP contribution in [0.3, 0.4) is 0 Å². The summed E-state index contributed by atoms with van der Waals surface area (Å²) < 4.78 is 2.60. The number of hydrogen-bond donors (Lipinski definition) is 0. The molecule has 0 saturated heterocycles. The van der Waals surface area contributed by atoms with Crippen molar-refractivity contribution in [2.75, 3.05) is 9.80 Å². The van der Waals surface area contributed by atoms with Crippen molar-refractivity contribution in [1.29, 1.82) is 0 Å². The molecule has 63 heavy (non-hydrogen) atoms. The Labute approximate surface area is 379 Å². The van der Waals surface area contributed by atoms with Gasteiger partial charge in [0.2, 0.25) is 0 Å². The summed E-state index contributed by atoms with van der Waals surface area (Å²) in [4.78, 5) is 5.17. The lowest BCUT2D eigenvalue weighted by atomic mass is 9.33. The number of rotatable bonds is 3. The van der Waals surface area contributed by atoms with Gasteiger partial charge in [0.25, 0.3) is 6.71 Å². The Morgan fingerprint density at radius 2 is 0.762 bits per heavy atom. The molecule has 4 heteroatoms. The third-order valence-electron chi connectivity index (χ3n) is 13.8. The summed E-state index contributed by atoms with van der Waals surface area (Å²) in [5.74, 6) is 1.22. The molecule has 1 aromatic heterocycles. The van der Waals surface area contributed by atoms with Crippen LogP contribution in [0.1, 0.15) is 137 Å². The second kappa shape index (κ2) is 14.3. The highest BCUT2D eigenvalue weighted by Gasteiger charge is 2.47. The van der Waals surface area contributed by atoms with Gasteiger partial charge in [-0.15, -0.1) is 0 Å². The summed E-state index contributed by atoms with van der Waals surface area (Å²) in [7, 11) is 0. The molecule has 3 heterocycles. The van der Waals surface area contributed by atoms with Crippen molar-refractivity contribution >= 4 is 68.3 Å². The van der Waals surface area contributed by atoms with Crippen LogP contribution in [0.2, 0.25) is 0 Å². The lowest BCUT2D eigenvalue weighted by Crippen LogP contribution is -2.61. The first kappa shape index (κ1) is 42.8. The van der Waals surface area contributed by atoms with Gasteiger partial charge < -0.3 is 4.90 Å². The van der Waals surface area contributed by atoms with Crippen LogP contribution in [0, 0.1) is 6.92 Å². The standard InChI is InChI=1S/C59H68BN3/c1-37-33-50-53-51(34-37)63(45-29-21-40(22-30-45)57(8,9)10)54-52(46-31-23-42(59(14,15)16)36-49(46)62(54)44-27-19-39(20-28-44)56(5,6)7)60(53)47-35-41(58(11,12)13)24-32-48(47)61(50)43-25-17-38(18-26-43)55(2,3)4/h17-36H,1-16H3. The smallest absolute Gasteiger partial charge is 0.255 e. The molecule has 0 N–H and O–H groups in total. The third kappa shape index (κ3) is 7.22. The Morgan fingerprint density at radius 1 is 0.365 bits per heavy atom. The van der Waals surface area contributed by atoms with E-state index in [1.165, 1.54) is 94.9 Å². The average Bonchev–Trinajstić information content (AvgIpc) is 3.53. The van der Waals surface area contributed by atoms with Crippen LogP contribution in [-0.2, 0) is 27.1 Å². The Bertz CT molecular complexity index is 2890. The molecule has 0 bridgehead atoms. The van der Waals surface area contributed by atoms with Gasteiger partial charge in [0.05, 0.1) is 5.52 Å². The van der Waals surface area contributed by atoms with Gasteiger partial charge in [-0.05, 0) is 150 Å². The van der Waals surface area contributed by atoms with Crippen molar-refractivity contribution < 1.29 is 0 Å². The molecule has 0 fully saturated rings. The highest BCUT2D eigenvalue weighted by Crippen LogP contribution is 2.48. The summed E-state index contributed by atoms with van der Waals surface area (Å²) in [5, 5.41) is 1.30. The van der Waals surface area contributed by atoms with Crippen molar-refractivity contribution in [3.63, 3.8) is 0 Å². The fourth-order valence-electron chi connectivity index (χ4n) is 9.98. The number of nitrogens with zero attached hydrogens (tertiary/aromatic N) is 3. The van der Waals surface area contributed by atoms with Gasteiger partial charge in [-0.1, -0.05) is 165 Å². The molecule has 0 unspecified atom stereocenters. The van der Waals surface area contributed by atoms with E-state index in [1.54, 1.807) is 0 Å². The highest BCUT2D eigenvalue weighted by molar-refractivity contribution is 7.01. The molecule has 322 valence electrons. The van der Waals surface area contributed by atoms with Gasteiger partial charge in [-0.2, -0.15) is 0 Å².